The maximum absolute atomic E-state index is 11.7. The number of nitrogens with zero attached hydrogens (tertiary/aromatic N) is 5. The molecule has 0 radical (unpaired) electrons. The second-order valence-corrected chi connectivity index (χ2v) is 9.67. The van der Waals surface area contributed by atoms with E-state index in [0.29, 0.717) is 26.1 Å². The molecule has 0 N–H and O–H groups in total. The molecule has 1 saturated carbocycles. The Balaban J connectivity index is 1.61. The summed E-state index contributed by atoms with van der Waals surface area (Å²) >= 11 is 0. The number of piperidine rings is 1. The minimum atomic E-state index is -3.12. The van der Waals surface area contributed by atoms with Crippen molar-refractivity contribution >= 4 is 10.0 Å². The van der Waals surface area contributed by atoms with Gasteiger partial charge in [0.1, 0.15) is 0 Å². The van der Waals surface area contributed by atoms with Gasteiger partial charge in [-0.05, 0) is 31.6 Å². The maximum Gasteiger partial charge on any atom is 0.211 e. The summed E-state index contributed by atoms with van der Waals surface area (Å²) in [6.07, 6.45) is 11.1. The predicted octanol–water partition coefficient (Wildman–Crippen LogP) is 1.97. The average molecular weight is 366 g/mol. The topological polar surface area (TPSA) is 91.9 Å². The van der Waals surface area contributed by atoms with Gasteiger partial charge in [-0.15, -0.1) is 5.10 Å². The van der Waals surface area contributed by atoms with Gasteiger partial charge < -0.3 is 0 Å². The highest BCUT2D eigenvalue weighted by atomic mass is 32.2. The van der Waals surface area contributed by atoms with Gasteiger partial charge in [0, 0.05) is 32.3 Å². The van der Waals surface area contributed by atoms with E-state index in [1.807, 2.05) is 10.9 Å². The molecule has 25 heavy (non-hydrogen) atoms. The first kappa shape index (κ1) is 18.3. The molecule has 0 spiro atoms. The lowest BCUT2D eigenvalue weighted by Crippen LogP contribution is -2.40. The Kier molecular flexibility index (Phi) is 5.44. The van der Waals surface area contributed by atoms with Crippen LogP contribution in [0.1, 0.15) is 50.6 Å². The standard InChI is InChI=1S/C17H27N5O2S/c1-25(23,24)22-9-5-6-15(12-22)11-21-13-16(19-20-21)10-17(14-18)7-3-2-4-8-17/h13,15H,2-12H2,1H3. The lowest BCUT2D eigenvalue weighted by atomic mass is 9.72. The van der Waals surface area contributed by atoms with E-state index in [-0.39, 0.29) is 11.3 Å². The van der Waals surface area contributed by atoms with Crippen molar-refractivity contribution < 1.29 is 8.42 Å². The van der Waals surface area contributed by atoms with Crippen molar-refractivity contribution in [1.29, 1.82) is 5.26 Å². The monoisotopic (exact) mass is 365 g/mol. The van der Waals surface area contributed by atoms with Crippen molar-refractivity contribution in [2.75, 3.05) is 19.3 Å². The Bertz CT molecular complexity index is 730. The molecule has 1 saturated heterocycles. The molecule has 1 atom stereocenters. The van der Waals surface area contributed by atoms with Crippen LogP contribution in [0.2, 0.25) is 0 Å². The molecule has 1 unspecified atom stereocenters. The summed E-state index contributed by atoms with van der Waals surface area (Å²) in [6, 6.07) is 2.53. The van der Waals surface area contributed by atoms with Crippen LogP contribution in [0.4, 0.5) is 0 Å². The van der Waals surface area contributed by atoms with E-state index in [1.165, 1.54) is 12.7 Å². The summed E-state index contributed by atoms with van der Waals surface area (Å²) in [5.74, 6) is 0.262. The van der Waals surface area contributed by atoms with Gasteiger partial charge in [-0.2, -0.15) is 5.26 Å². The van der Waals surface area contributed by atoms with Gasteiger partial charge in [-0.25, -0.2) is 12.7 Å². The third-order valence-corrected chi connectivity index (χ3v) is 6.82. The van der Waals surface area contributed by atoms with Crippen molar-refractivity contribution in [1.82, 2.24) is 19.3 Å². The van der Waals surface area contributed by atoms with Crippen LogP contribution in [0.15, 0.2) is 6.20 Å². The Morgan fingerprint density at radius 1 is 1.32 bits per heavy atom. The molecule has 0 aromatic carbocycles. The minimum Gasteiger partial charge on any atom is -0.252 e. The molecule has 7 nitrogen and oxygen atoms in total. The van der Waals surface area contributed by atoms with Crippen molar-refractivity contribution in [2.45, 2.75) is 57.9 Å². The molecule has 1 aliphatic carbocycles. The van der Waals surface area contributed by atoms with E-state index in [4.69, 9.17) is 0 Å². The number of aromatic nitrogens is 3. The first-order valence-electron chi connectivity index (χ1n) is 9.16. The lowest BCUT2D eigenvalue weighted by Gasteiger charge is -2.30. The van der Waals surface area contributed by atoms with Crippen LogP contribution < -0.4 is 0 Å². The highest BCUT2D eigenvalue weighted by Gasteiger charge is 2.33. The normalized spacial score (nSPS) is 24.7. The van der Waals surface area contributed by atoms with Crippen LogP contribution in [0.25, 0.3) is 0 Å². The van der Waals surface area contributed by atoms with Crippen molar-refractivity contribution in [3.63, 3.8) is 0 Å². The van der Waals surface area contributed by atoms with Crippen LogP contribution in [-0.4, -0.2) is 47.1 Å². The molecule has 2 aliphatic rings. The Labute approximate surface area is 150 Å². The van der Waals surface area contributed by atoms with Gasteiger partial charge >= 0.3 is 0 Å². The molecular formula is C17H27N5O2S. The Morgan fingerprint density at radius 2 is 2.08 bits per heavy atom. The number of rotatable bonds is 5. The molecule has 1 aromatic heterocycles. The molecule has 3 rings (SSSR count). The maximum atomic E-state index is 11.7. The van der Waals surface area contributed by atoms with E-state index in [9.17, 15) is 13.7 Å². The fraction of sp³-hybridized carbons (Fsp3) is 0.824. The minimum absolute atomic E-state index is 0.262. The molecule has 0 bridgehead atoms. The zero-order valence-corrected chi connectivity index (χ0v) is 15.7. The molecule has 1 aromatic rings. The molecule has 8 heteroatoms. The first-order chi connectivity index (χ1) is 11.9. The largest absolute Gasteiger partial charge is 0.252 e. The van der Waals surface area contributed by atoms with Crippen molar-refractivity contribution in [2.24, 2.45) is 11.3 Å². The van der Waals surface area contributed by atoms with Gasteiger partial charge in [-0.3, -0.25) is 4.68 Å². The van der Waals surface area contributed by atoms with Gasteiger partial charge in [0.15, 0.2) is 0 Å². The average Bonchev–Trinajstić information content (AvgIpc) is 3.02. The fourth-order valence-electron chi connectivity index (χ4n) is 4.15. The summed E-state index contributed by atoms with van der Waals surface area (Å²) in [5.41, 5.74) is 0.594. The fourth-order valence-corrected chi connectivity index (χ4v) is 5.10. The SMILES string of the molecule is CS(=O)(=O)N1CCCC(Cn2cc(CC3(C#N)CCCCC3)nn2)C1. The molecule has 2 heterocycles. The van der Waals surface area contributed by atoms with E-state index < -0.39 is 10.0 Å². The Morgan fingerprint density at radius 3 is 2.76 bits per heavy atom. The molecule has 0 amide bonds. The molecule has 1 aliphatic heterocycles. The number of sulfonamides is 1. The zero-order valence-electron chi connectivity index (χ0n) is 14.9. The summed E-state index contributed by atoms with van der Waals surface area (Å²) < 4.78 is 26.9. The summed E-state index contributed by atoms with van der Waals surface area (Å²) in [5, 5.41) is 18.1. The number of nitriles is 1. The third-order valence-electron chi connectivity index (χ3n) is 5.55. The highest BCUT2D eigenvalue weighted by molar-refractivity contribution is 7.88. The summed E-state index contributed by atoms with van der Waals surface area (Å²) in [7, 11) is -3.12. The van der Waals surface area contributed by atoms with Crippen molar-refractivity contribution in [3.05, 3.63) is 11.9 Å². The van der Waals surface area contributed by atoms with Crippen LogP contribution >= 0.6 is 0 Å². The van der Waals surface area contributed by atoms with Gasteiger partial charge in [-0.1, -0.05) is 24.5 Å². The quantitative estimate of drug-likeness (QED) is 0.795. The summed E-state index contributed by atoms with van der Waals surface area (Å²) in [6.45, 7) is 1.84. The van der Waals surface area contributed by atoms with E-state index in [0.717, 1.165) is 44.2 Å². The smallest absolute Gasteiger partial charge is 0.211 e. The number of hydrogen-bond donors (Lipinski definition) is 0. The Hall–Kier alpha value is -1.46. The van der Waals surface area contributed by atoms with Crippen LogP contribution in [0.3, 0.4) is 0 Å². The molecular weight excluding hydrogens is 338 g/mol. The van der Waals surface area contributed by atoms with Crippen LogP contribution in [0, 0.1) is 22.7 Å². The lowest BCUT2D eigenvalue weighted by molar-refractivity contribution is 0.239. The van der Waals surface area contributed by atoms with Gasteiger partial charge in [0.05, 0.1) is 23.4 Å². The van der Waals surface area contributed by atoms with Crippen LogP contribution in [-0.2, 0) is 23.0 Å². The van der Waals surface area contributed by atoms with E-state index >= 15 is 0 Å². The van der Waals surface area contributed by atoms with Crippen molar-refractivity contribution in [3.8, 4) is 6.07 Å². The zero-order chi connectivity index (χ0) is 17.9. The van der Waals surface area contributed by atoms with Gasteiger partial charge in [0.25, 0.3) is 0 Å². The van der Waals surface area contributed by atoms with E-state index in [2.05, 4.69) is 16.4 Å². The third kappa shape index (κ3) is 4.59. The molecule has 138 valence electrons. The van der Waals surface area contributed by atoms with Crippen LogP contribution in [0.5, 0.6) is 0 Å². The van der Waals surface area contributed by atoms with Gasteiger partial charge in [0.2, 0.25) is 10.0 Å². The second kappa shape index (κ2) is 7.42. The predicted molar refractivity (Wildman–Crippen MR) is 94.0 cm³/mol. The first-order valence-corrected chi connectivity index (χ1v) is 11.0. The van der Waals surface area contributed by atoms with E-state index in [1.54, 1.807) is 4.31 Å². The number of hydrogen-bond acceptors (Lipinski definition) is 5. The molecule has 2 fully saturated rings. The highest BCUT2D eigenvalue weighted by Crippen LogP contribution is 2.38. The summed E-state index contributed by atoms with van der Waals surface area (Å²) in [4.78, 5) is 0. The second-order valence-electron chi connectivity index (χ2n) is 7.69.